The Kier molecular flexibility index (Phi) is 8.21. The number of aromatic amines is 1. The Bertz CT molecular complexity index is 1370. The first kappa shape index (κ1) is 27.0. The van der Waals surface area contributed by atoms with Gasteiger partial charge in [-0.15, -0.1) is 5.92 Å². The summed E-state index contributed by atoms with van der Waals surface area (Å²) in [6, 6.07) is 11.5. The third-order valence-corrected chi connectivity index (χ3v) is 5.91. The highest BCUT2D eigenvalue weighted by Gasteiger charge is 2.51. The molecule has 3 aromatic rings. The summed E-state index contributed by atoms with van der Waals surface area (Å²) < 4.78 is 44.9. The molecule has 1 heterocycles. The molecule has 36 heavy (non-hydrogen) atoms. The predicted octanol–water partition coefficient (Wildman–Crippen LogP) is 5.64. The number of nitrogens with one attached hydrogen (secondary N) is 1. The largest absolute Gasteiger partial charge is 0.481 e. The maximum absolute atomic E-state index is 13.2. The Morgan fingerprint density at radius 3 is 2.44 bits per heavy atom. The summed E-state index contributed by atoms with van der Waals surface area (Å²) in [6.45, 7) is 3.70. The molecule has 0 bridgehead atoms. The lowest BCUT2D eigenvalue weighted by Crippen LogP contribution is -2.39. The van der Waals surface area contributed by atoms with Gasteiger partial charge in [0, 0.05) is 17.5 Å². The molecule has 0 saturated heterocycles. The Labute approximate surface area is 210 Å². The summed E-state index contributed by atoms with van der Waals surface area (Å²) in [6.07, 6.45) is -4.88. The Balaban J connectivity index is 1.85. The first-order chi connectivity index (χ1) is 16.9. The van der Waals surface area contributed by atoms with Gasteiger partial charge in [-0.2, -0.15) is 18.2 Å². The summed E-state index contributed by atoms with van der Waals surface area (Å²) >= 11 is 6.33. The average Bonchev–Trinajstić information content (AvgIpc) is 2.82. The molecule has 0 amide bonds. The van der Waals surface area contributed by atoms with E-state index in [1.165, 1.54) is 6.07 Å². The van der Waals surface area contributed by atoms with Crippen LogP contribution in [0.2, 0.25) is 5.02 Å². The topological polar surface area (TPSA) is 84.9 Å². The minimum atomic E-state index is -4.64. The van der Waals surface area contributed by atoms with Gasteiger partial charge in [0.2, 0.25) is 0 Å². The van der Waals surface area contributed by atoms with Crippen molar-refractivity contribution in [3.8, 4) is 40.4 Å². The molecular formula is C26H23ClF3N3O3. The van der Waals surface area contributed by atoms with Crippen LogP contribution in [-0.2, 0) is 11.2 Å². The van der Waals surface area contributed by atoms with E-state index in [2.05, 4.69) is 26.8 Å². The molecule has 3 rings (SSSR count). The third-order valence-electron chi connectivity index (χ3n) is 5.58. The van der Waals surface area contributed by atoms with Crippen LogP contribution in [0.5, 0.6) is 5.75 Å². The fourth-order valence-electron chi connectivity index (χ4n) is 3.17. The molecule has 0 spiro atoms. The normalized spacial score (nSPS) is 11.5. The highest BCUT2D eigenvalue weighted by molar-refractivity contribution is 6.33. The second-order valence-corrected chi connectivity index (χ2v) is 8.83. The lowest BCUT2D eigenvalue weighted by atomic mass is 9.84. The highest BCUT2D eigenvalue weighted by atomic mass is 35.5. The number of carbonyl (C=O) groups is 1. The van der Waals surface area contributed by atoms with E-state index in [4.69, 9.17) is 16.3 Å². The molecule has 0 radical (unpaired) electrons. The van der Waals surface area contributed by atoms with Crippen molar-refractivity contribution in [1.82, 2.24) is 15.0 Å². The predicted molar refractivity (Wildman–Crippen MR) is 131 cm³/mol. The number of halogens is 4. The number of aryl methyl sites for hydroxylation is 1. The second-order valence-electron chi connectivity index (χ2n) is 8.43. The number of ketones is 1. The van der Waals surface area contributed by atoms with Crippen molar-refractivity contribution < 1.29 is 22.7 Å². The van der Waals surface area contributed by atoms with E-state index in [1.54, 1.807) is 43.3 Å². The molecule has 0 aliphatic heterocycles. The van der Waals surface area contributed by atoms with E-state index in [-0.39, 0.29) is 36.1 Å². The zero-order valence-electron chi connectivity index (χ0n) is 19.8. The second kappa shape index (κ2) is 11.0. The van der Waals surface area contributed by atoms with Crippen molar-refractivity contribution in [2.24, 2.45) is 5.41 Å². The van der Waals surface area contributed by atoms with Crippen molar-refractivity contribution in [3.05, 3.63) is 63.5 Å². The van der Waals surface area contributed by atoms with Gasteiger partial charge in [0.25, 0.3) is 0 Å². The lowest BCUT2D eigenvalue weighted by molar-refractivity contribution is -0.210. The molecule has 188 valence electrons. The number of ether oxygens (including phenoxy) is 1. The fourth-order valence-corrected chi connectivity index (χ4v) is 3.38. The Morgan fingerprint density at radius 1 is 1.11 bits per heavy atom. The van der Waals surface area contributed by atoms with Crippen LogP contribution >= 0.6 is 11.6 Å². The minimum absolute atomic E-state index is 0.0640. The first-order valence-corrected chi connectivity index (χ1v) is 11.3. The Hall–Kier alpha value is -3.64. The molecule has 1 aromatic heterocycles. The van der Waals surface area contributed by atoms with E-state index in [1.807, 2.05) is 0 Å². The van der Waals surface area contributed by atoms with Crippen LogP contribution in [0.3, 0.4) is 0 Å². The van der Waals surface area contributed by atoms with E-state index in [0.29, 0.717) is 22.4 Å². The first-order valence-electron chi connectivity index (χ1n) is 10.9. The van der Waals surface area contributed by atoms with Gasteiger partial charge in [0.1, 0.15) is 29.4 Å². The van der Waals surface area contributed by atoms with Gasteiger partial charge in [-0.25, -0.2) is 9.78 Å². The van der Waals surface area contributed by atoms with Crippen LogP contribution in [0.1, 0.15) is 32.8 Å². The maximum Gasteiger partial charge on any atom is 0.400 e. The number of rotatable bonds is 8. The van der Waals surface area contributed by atoms with Gasteiger partial charge < -0.3 is 4.74 Å². The fraction of sp³-hybridized carbons (Fsp3) is 0.308. The van der Waals surface area contributed by atoms with E-state index >= 15 is 0 Å². The van der Waals surface area contributed by atoms with E-state index in [9.17, 15) is 22.8 Å². The number of carbonyl (C=O) groups excluding carboxylic acids is 1. The van der Waals surface area contributed by atoms with Gasteiger partial charge in [-0.05, 0) is 69.2 Å². The third kappa shape index (κ3) is 6.32. The minimum Gasteiger partial charge on any atom is -0.481 e. The summed E-state index contributed by atoms with van der Waals surface area (Å²) in [7, 11) is 0. The number of Topliss-reactive ketones (excluding diaryl/α,β-unsaturated/α-hetero) is 1. The van der Waals surface area contributed by atoms with Gasteiger partial charge in [0.05, 0.1) is 5.02 Å². The summed E-state index contributed by atoms with van der Waals surface area (Å²) in [4.78, 5) is 35.4. The van der Waals surface area contributed by atoms with Gasteiger partial charge in [0.15, 0.2) is 5.82 Å². The average molecular weight is 518 g/mol. The van der Waals surface area contributed by atoms with Crippen molar-refractivity contribution in [1.29, 1.82) is 0 Å². The lowest BCUT2D eigenvalue weighted by Gasteiger charge is -2.26. The maximum atomic E-state index is 13.2. The van der Waals surface area contributed by atoms with Crippen LogP contribution in [-0.4, -0.2) is 33.5 Å². The van der Waals surface area contributed by atoms with Crippen LogP contribution in [0.25, 0.3) is 22.8 Å². The number of nitrogens with zero attached hydrogens (tertiary/aromatic N) is 2. The highest BCUT2D eigenvalue weighted by Crippen LogP contribution is 2.39. The monoisotopic (exact) mass is 517 g/mol. The molecule has 0 unspecified atom stereocenters. The van der Waals surface area contributed by atoms with Crippen LogP contribution in [0.15, 0.2) is 47.3 Å². The van der Waals surface area contributed by atoms with Crippen molar-refractivity contribution >= 4 is 17.4 Å². The number of aromatic nitrogens is 3. The van der Waals surface area contributed by atoms with Gasteiger partial charge >= 0.3 is 11.9 Å². The summed E-state index contributed by atoms with van der Waals surface area (Å²) in [5, 5.41) is 0.266. The van der Waals surface area contributed by atoms with Crippen LogP contribution < -0.4 is 10.4 Å². The van der Waals surface area contributed by atoms with Crippen LogP contribution in [0, 0.1) is 17.3 Å². The van der Waals surface area contributed by atoms with Crippen molar-refractivity contribution in [2.75, 3.05) is 6.61 Å². The molecule has 0 atom stereocenters. The standard InChI is InChI=1S/C26H23ClF3N3O3/c1-4-5-14-36-18-10-8-17(9-11-18)22-31-23(33-24(35)32-22)19-15-16(6-12-20(19)27)7-13-21(34)25(2,3)26(28,29)30/h6,8-12,15H,7,13-14H2,1-3H3,(H,31,32,33,35). The zero-order chi connectivity index (χ0) is 26.5. The van der Waals surface area contributed by atoms with Gasteiger partial charge in [-0.1, -0.05) is 23.6 Å². The summed E-state index contributed by atoms with van der Waals surface area (Å²) in [5.41, 5.74) is -1.62. The van der Waals surface area contributed by atoms with Crippen molar-refractivity contribution in [2.45, 2.75) is 39.8 Å². The number of benzene rings is 2. The summed E-state index contributed by atoms with van der Waals surface area (Å²) in [5.74, 6) is 5.48. The molecule has 1 N–H and O–H groups in total. The molecular weight excluding hydrogens is 495 g/mol. The van der Waals surface area contributed by atoms with E-state index in [0.717, 1.165) is 13.8 Å². The number of hydrogen-bond donors (Lipinski definition) is 1. The van der Waals surface area contributed by atoms with Crippen molar-refractivity contribution in [3.63, 3.8) is 0 Å². The molecule has 2 aromatic carbocycles. The van der Waals surface area contributed by atoms with E-state index < -0.39 is 23.1 Å². The molecule has 6 nitrogen and oxygen atoms in total. The molecule has 0 aliphatic carbocycles. The quantitative estimate of drug-likeness (QED) is 0.391. The molecule has 0 fully saturated rings. The number of alkyl halides is 3. The molecule has 0 aliphatic rings. The van der Waals surface area contributed by atoms with Gasteiger partial charge in [-0.3, -0.25) is 9.78 Å². The molecule has 10 heteroatoms. The smallest absolute Gasteiger partial charge is 0.400 e. The zero-order valence-corrected chi connectivity index (χ0v) is 20.5. The Morgan fingerprint density at radius 2 is 1.81 bits per heavy atom. The SMILES string of the molecule is CC#CCOc1ccc(-c2nc(-c3cc(CCC(=O)C(C)(C)C(F)(F)F)ccc3Cl)[nH]c(=O)n2)cc1. The van der Waals surface area contributed by atoms with Crippen LogP contribution in [0.4, 0.5) is 13.2 Å². The number of hydrogen-bond acceptors (Lipinski definition) is 5. The molecule has 0 saturated carbocycles. The number of H-pyrrole nitrogens is 1.